The fraction of sp³-hybridized carbons (Fsp3) is 0.0385. The molecular formula is C26H21N5O4. The molecule has 9 nitrogen and oxygen atoms in total. The van der Waals surface area contributed by atoms with Gasteiger partial charge in [-0.3, -0.25) is 19.4 Å². The third-order valence-corrected chi connectivity index (χ3v) is 4.93. The molecule has 0 spiro atoms. The van der Waals surface area contributed by atoms with E-state index in [1.54, 1.807) is 59.7 Å². The molecule has 2 amide bonds. The van der Waals surface area contributed by atoms with Crippen LogP contribution in [0.1, 0.15) is 15.9 Å². The molecule has 4 rings (SSSR count). The van der Waals surface area contributed by atoms with E-state index < -0.39 is 24.3 Å². The number of carboxylic acids is 1. The van der Waals surface area contributed by atoms with Gasteiger partial charge < -0.3 is 15.7 Å². The second-order valence-corrected chi connectivity index (χ2v) is 7.41. The van der Waals surface area contributed by atoms with Gasteiger partial charge >= 0.3 is 5.97 Å². The number of rotatable bonds is 8. The molecule has 0 radical (unpaired) electrons. The van der Waals surface area contributed by atoms with Gasteiger partial charge in [0.1, 0.15) is 17.9 Å². The maximum Gasteiger partial charge on any atom is 0.322 e. The first kappa shape index (κ1) is 23.1. The standard InChI is InChI=1S/C26H21N5O4/c32-23(33)16-28-26(35)22(29-25(34)18-8-3-1-4-9-18)14-20-17-31(21-11-5-2-6-12-21)30-24(20)19-10-7-13-27-15-19/h1-15,17H,16H2,(H,28,35)(H,29,34)(H,32,33)/b22-14+. The average molecular weight is 467 g/mol. The van der Waals surface area contributed by atoms with Gasteiger partial charge in [-0.15, -0.1) is 0 Å². The van der Waals surface area contributed by atoms with Crippen molar-refractivity contribution in [3.63, 3.8) is 0 Å². The Hall–Kier alpha value is -5.05. The number of pyridine rings is 1. The van der Waals surface area contributed by atoms with E-state index in [9.17, 15) is 14.4 Å². The Morgan fingerprint density at radius 2 is 1.66 bits per heavy atom. The number of amides is 2. The Morgan fingerprint density at radius 3 is 2.31 bits per heavy atom. The fourth-order valence-corrected chi connectivity index (χ4v) is 3.28. The van der Waals surface area contributed by atoms with Gasteiger partial charge in [0.05, 0.1) is 5.69 Å². The minimum Gasteiger partial charge on any atom is -0.480 e. The molecular weight excluding hydrogens is 446 g/mol. The summed E-state index contributed by atoms with van der Waals surface area (Å²) in [6, 6.07) is 21.4. The van der Waals surface area contributed by atoms with Crippen molar-refractivity contribution >= 4 is 23.9 Å². The summed E-state index contributed by atoms with van der Waals surface area (Å²) < 4.78 is 1.65. The van der Waals surface area contributed by atoms with Gasteiger partial charge in [0, 0.05) is 35.3 Å². The van der Waals surface area contributed by atoms with E-state index in [4.69, 9.17) is 5.11 Å². The van der Waals surface area contributed by atoms with Crippen LogP contribution >= 0.6 is 0 Å². The molecule has 174 valence electrons. The lowest BCUT2D eigenvalue weighted by molar-refractivity contribution is -0.137. The van der Waals surface area contributed by atoms with Crippen molar-refractivity contribution in [3.05, 3.63) is 108 Å². The molecule has 2 aromatic carbocycles. The van der Waals surface area contributed by atoms with Crippen LogP contribution < -0.4 is 10.6 Å². The Labute approximate surface area is 200 Å². The number of aromatic nitrogens is 3. The van der Waals surface area contributed by atoms with E-state index in [1.165, 1.54) is 6.08 Å². The Balaban J connectivity index is 1.78. The SMILES string of the molecule is O=C(O)CNC(=O)/C(=C\c1cn(-c2ccccc2)nc1-c1cccnc1)NC(=O)c1ccccc1. The Kier molecular flexibility index (Phi) is 7.08. The van der Waals surface area contributed by atoms with E-state index in [1.807, 2.05) is 36.4 Å². The summed E-state index contributed by atoms with van der Waals surface area (Å²) in [5, 5.41) is 18.5. The summed E-state index contributed by atoms with van der Waals surface area (Å²) in [6.45, 7) is -0.601. The zero-order valence-corrected chi connectivity index (χ0v) is 18.5. The van der Waals surface area contributed by atoms with E-state index in [-0.39, 0.29) is 5.70 Å². The van der Waals surface area contributed by atoms with Gasteiger partial charge in [0.2, 0.25) is 0 Å². The van der Waals surface area contributed by atoms with E-state index in [2.05, 4.69) is 20.7 Å². The molecule has 3 N–H and O–H groups in total. The molecule has 0 atom stereocenters. The molecule has 0 saturated carbocycles. The molecule has 0 aliphatic carbocycles. The van der Waals surface area contributed by atoms with Crippen molar-refractivity contribution in [1.82, 2.24) is 25.4 Å². The minimum atomic E-state index is -1.21. The van der Waals surface area contributed by atoms with E-state index >= 15 is 0 Å². The molecule has 2 heterocycles. The first-order valence-corrected chi connectivity index (χ1v) is 10.6. The molecule has 4 aromatic rings. The number of para-hydroxylation sites is 1. The number of hydrogen-bond acceptors (Lipinski definition) is 5. The van der Waals surface area contributed by atoms with Crippen LogP contribution in [-0.4, -0.2) is 44.2 Å². The third-order valence-electron chi connectivity index (χ3n) is 4.93. The summed E-state index contributed by atoms with van der Waals surface area (Å²) in [6.07, 6.45) is 6.46. The summed E-state index contributed by atoms with van der Waals surface area (Å²) in [5.74, 6) is -2.47. The van der Waals surface area contributed by atoms with Crippen LogP contribution in [0.3, 0.4) is 0 Å². The van der Waals surface area contributed by atoms with Crippen LogP contribution in [0, 0.1) is 0 Å². The largest absolute Gasteiger partial charge is 0.480 e. The predicted molar refractivity (Wildman–Crippen MR) is 129 cm³/mol. The van der Waals surface area contributed by atoms with E-state index in [0.29, 0.717) is 22.4 Å². The minimum absolute atomic E-state index is 0.127. The van der Waals surface area contributed by atoms with Gasteiger partial charge in [0.15, 0.2) is 0 Å². The highest BCUT2D eigenvalue weighted by atomic mass is 16.4. The van der Waals surface area contributed by atoms with Gasteiger partial charge in [-0.1, -0.05) is 36.4 Å². The first-order valence-electron chi connectivity index (χ1n) is 10.6. The number of carbonyl (C=O) groups is 3. The smallest absolute Gasteiger partial charge is 0.322 e. The van der Waals surface area contributed by atoms with E-state index in [0.717, 1.165) is 5.69 Å². The highest BCUT2D eigenvalue weighted by molar-refractivity contribution is 6.06. The third kappa shape index (κ3) is 5.85. The lowest BCUT2D eigenvalue weighted by atomic mass is 10.1. The van der Waals surface area contributed by atoms with Crippen LogP contribution in [0.25, 0.3) is 23.0 Å². The fourth-order valence-electron chi connectivity index (χ4n) is 3.28. The number of benzene rings is 2. The lowest BCUT2D eigenvalue weighted by Gasteiger charge is -2.10. The quantitative estimate of drug-likeness (QED) is 0.342. The second-order valence-electron chi connectivity index (χ2n) is 7.41. The number of nitrogens with one attached hydrogen (secondary N) is 2. The van der Waals surface area contributed by atoms with Crippen molar-refractivity contribution in [2.75, 3.05) is 6.54 Å². The highest BCUT2D eigenvalue weighted by Gasteiger charge is 2.18. The monoisotopic (exact) mass is 467 g/mol. The first-order chi connectivity index (χ1) is 17.0. The molecule has 0 unspecified atom stereocenters. The van der Waals surface area contributed by atoms with Crippen LogP contribution in [0.5, 0.6) is 0 Å². The zero-order valence-electron chi connectivity index (χ0n) is 18.5. The molecule has 0 bridgehead atoms. The Bertz CT molecular complexity index is 1370. The summed E-state index contributed by atoms with van der Waals surface area (Å²) >= 11 is 0. The van der Waals surface area contributed by atoms with Crippen LogP contribution in [-0.2, 0) is 9.59 Å². The molecule has 0 aliphatic heterocycles. The molecule has 35 heavy (non-hydrogen) atoms. The van der Waals surface area contributed by atoms with Gasteiger partial charge in [0.25, 0.3) is 11.8 Å². The van der Waals surface area contributed by atoms with Crippen molar-refractivity contribution < 1.29 is 19.5 Å². The average Bonchev–Trinajstić information content (AvgIpc) is 3.32. The highest BCUT2D eigenvalue weighted by Crippen LogP contribution is 2.25. The molecule has 2 aromatic heterocycles. The zero-order chi connectivity index (χ0) is 24.6. The molecule has 0 aliphatic rings. The summed E-state index contributed by atoms with van der Waals surface area (Å²) in [5.41, 5.74) is 2.76. The maximum absolute atomic E-state index is 12.8. The second kappa shape index (κ2) is 10.7. The lowest BCUT2D eigenvalue weighted by Crippen LogP contribution is -2.37. The molecule has 0 fully saturated rings. The summed E-state index contributed by atoms with van der Waals surface area (Å²) in [7, 11) is 0. The summed E-state index contributed by atoms with van der Waals surface area (Å²) in [4.78, 5) is 40.8. The number of nitrogens with zero attached hydrogens (tertiary/aromatic N) is 3. The topological polar surface area (TPSA) is 126 Å². The number of carbonyl (C=O) groups excluding carboxylic acids is 2. The number of hydrogen-bond donors (Lipinski definition) is 3. The van der Waals surface area contributed by atoms with Crippen LogP contribution in [0.15, 0.2) is 97.1 Å². The van der Waals surface area contributed by atoms with Crippen molar-refractivity contribution in [2.24, 2.45) is 0 Å². The maximum atomic E-state index is 12.8. The van der Waals surface area contributed by atoms with Crippen molar-refractivity contribution in [2.45, 2.75) is 0 Å². The number of carboxylic acid groups (broad SMARTS) is 1. The van der Waals surface area contributed by atoms with Crippen LogP contribution in [0.4, 0.5) is 0 Å². The van der Waals surface area contributed by atoms with Gasteiger partial charge in [-0.2, -0.15) is 5.10 Å². The molecule has 0 saturated heterocycles. The molecule has 9 heteroatoms. The Morgan fingerprint density at radius 1 is 0.943 bits per heavy atom. The predicted octanol–water partition coefficient (Wildman–Crippen LogP) is 2.91. The normalized spacial score (nSPS) is 11.0. The van der Waals surface area contributed by atoms with Gasteiger partial charge in [-0.25, -0.2) is 4.68 Å². The van der Waals surface area contributed by atoms with Crippen molar-refractivity contribution in [1.29, 1.82) is 0 Å². The van der Waals surface area contributed by atoms with Crippen LogP contribution in [0.2, 0.25) is 0 Å². The number of aliphatic carboxylic acids is 1. The van der Waals surface area contributed by atoms with Crippen molar-refractivity contribution in [3.8, 4) is 16.9 Å². The van der Waals surface area contributed by atoms with Gasteiger partial charge in [-0.05, 0) is 42.5 Å².